The maximum absolute atomic E-state index is 12.0. The number of anilines is 1. The molecule has 0 aliphatic carbocycles. The van der Waals surface area contributed by atoms with Crippen molar-refractivity contribution in [3.8, 4) is 0 Å². The lowest BCUT2D eigenvalue weighted by atomic mass is 10.0. The molecule has 90 valence electrons. The van der Waals surface area contributed by atoms with Crippen LogP contribution >= 0.6 is 0 Å². The first-order valence-corrected chi connectivity index (χ1v) is 5.18. The molecule has 2 heterocycles. The van der Waals surface area contributed by atoms with Crippen LogP contribution < -0.4 is 5.73 Å². The van der Waals surface area contributed by atoms with E-state index >= 15 is 0 Å². The molecule has 0 aromatic carbocycles. The Morgan fingerprint density at radius 3 is 2.82 bits per heavy atom. The number of aromatic nitrogens is 1. The molecule has 1 saturated heterocycles. The molecule has 1 aromatic heterocycles. The van der Waals surface area contributed by atoms with Gasteiger partial charge >= 0.3 is 0 Å². The molecule has 1 aromatic rings. The number of carbonyl (C=O) groups is 1. The van der Waals surface area contributed by atoms with E-state index in [4.69, 9.17) is 5.73 Å². The highest BCUT2D eigenvalue weighted by Crippen LogP contribution is 2.22. The number of amides is 1. The van der Waals surface area contributed by atoms with Gasteiger partial charge in [0.15, 0.2) is 0 Å². The Hall–Kier alpha value is -2.18. The second-order valence-electron chi connectivity index (χ2n) is 4.20. The molecule has 7 nitrogen and oxygen atoms in total. The number of rotatable bonds is 2. The fourth-order valence-corrected chi connectivity index (χ4v) is 1.77. The summed E-state index contributed by atoms with van der Waals surface area (Å²) in [6.45, 7) is 3.33. The molecule has 1 fully saturated rings. The molecule has 2 N–H and O–H groups in total. The Balaban J connectivity index is 2.27. The van der Waals surface area contributed by atoms with E-state index in [1.165, 1.54) is 6.07 Å². The molecule has 7 heteroatoms. The summed E-state index contributed by atoms with van der Waals surface area (Å²) in [6, 6.07) is 1.17. The highest BCUT2D eigenvalue weighted by atomic mass is 16.6. The summed E-state index contributed by atoms with van der Waals surface area (Å²) < 4.78 is 0. The third-order valence-corrected chi connectivity index (χ3v) is 2.70. The van der Waals surface area contributed by atoms with Crippen molar-refractivity contribution in [3.05, 3.63) is 27.9 Å². The van der Waals surface area contributed by atoms with Gasteiger partial charge in [0.2, 0.25) is 0 Å². The van der Waals surface area contributed by atoms with Crippen LogP contribution in [-0.4, -0.2) is 33.8 Å². The first-order valence-electron chi connectivity index (χ1n) is 5.18. The zero-order chi connectivity index (χ0) is 12.6. The van der Waals surface area contributed by atoms with Gasteiger partial charge < -0.3 is 10.6 Å². The van der Waals surface area contributed by atoms with Crippen LogP contribution in [0.3, 0.4) is 0 Å². The number of carbonyl (C=O) groups excluding carboxylic acids is 1. The van der Waals surface area contributed by atoms with E-state index in [9.17, 15) is 14.9 Å². The summed E-state index contributed by atoms with van der Waals surface area (Å²) >= 11 is 0. The van der Waals surface area contributed by atoms with Gasteiger partial charge in [-0.05, 0) is 5.92 Å². The average Bonchev–Trinajstić information content (AvgIpc) is 2.24. The van der Waals surface area contributed by atoms with Crippen LogP contribution in [0, 0.1) is 16.0 Å². The zero-order valence-corrected chi connectivity index (χ0v) is 9.29. The molecule has 0 unspecified atom stereocenters. The maximum Gasteiger partial charge on any atom is 0.288 e. The Bertz CT molecular complexity index is 482. The van der Waals surface area contributed by atoms with Crippen molar-refractivity contribution in [2.45, 2.75) is 6.92 Å². The molecule has 1 aliphatic rings. The first kappa shape index (κ1) is 11.3. The number of nitrogens with two attached hydrogens (primary N) is 1. The van der Waals surface area contributed by atoms with Crippen molar-refractivity contribution in [1.29, 1.82) is 0 Å². The lowest BCUT2D eigenvalue weighted by Crippen LogP contribution is -2.48. The molecule has 0 radical (unpaired) electrons. The molecular weight excluding hydrogens is 224 g/mol. The summed E-state index contributed by atoms with van der Waals surface area (Å²) in [5.74, 6) is 0.198. The normalized spacial score (nSPS) is 15.5. The largest absolute Gasteiger partial charge is 0.383 e. The summed E-state index contributed by atoms with van der Waals surface area (Å²) in [4.78, 5) is 27.2. The van der Waals surface area contributed by atoms with Crippen molar-refractivity contribution in [2.75, 3.05) is 18.8 Å². The number of pyridine rings is 1. The van der Waals surface area contributed by atoms with Gasteiger partial charge in [-0.25, -0.2) is 4.98 Å². The van der Waals surface area contributed by atoms with E-state index in [1.54, 1.807) is 4.90 Å². The average molecular weight is 236 g/mol. The van der Waals surface area contributed by atoms with Gasteiger partial charge in [0, 0.05) is 19.2 Å². The van der Waals surface area contributed by atoms with Crippen LogP contribution in [0.1, 0.15) is 17.3 Å². The number of hydrogen-bond acceptors (Lipinski definition) is 5. The standard InChI is InChI=1S/C10H12N4O3/c1-6-4-13(5-6)10(15)8-2-7(14(16)17)3-12-9(8)11/h2-3,6H,4-5H2,1H3,(H2,11,12). The number of nitro groups is 1. The van der Waals surface area contributed by atoms with Crippen LogP contribution in [0.5, 0.6) is 0 Å². The Kier molecular flexibility index (Phi) is 2.66. The molecule has 17 heavy (non-hydrogen) atoms. The predicted molar refractivity (Wildman–Crippen MR) is 60.4 cm³/mol. The minimum Gasteiger partial charge on any atom is -0.383 e. The van der Waals surface area contributed by atoms with Crippen molar-refractivity contribution < 1.29 is 9.72 Å². The summed E-state index contributed by atoms with van der Waals surface area (Å²) in [5, 5.41) is 10.6. The van der Waals surface area contributed by atoms with Crippen LogP contribution in [0.4, 0.5) is 11.5 Å². The Morgan fingerprint density at radius 1 is 1.65 bits per heavy atom. The summed E-state index contributed by atoms with van der Waals surface area (Å²) in [5.41, 5.74) is 5.44. The fourth-order valence-electron chi connectivity index (χ4n) is 1.77. The maximum atomic E-state index is 12.0. The van der Waals surface area contributed by atoms with E-state index < -0.39 is 4.92 Å². The molecule has 0 atom stereocenters. The molecule has 0 saturated carbocycles. The van der Waals surface area contributed by atoms with E-state index in [0.29, 0.717) is 19.0 Å². The Labute approximate surface area is 97.4 Å². The van der Waals surface area contributed by atoms with E-state index in [0.717, 1.165) is 6.20 Å². The van der Waals surface area contributed by atoms with Gasteiger partial charge in [-0.3, -0.25) is 14.9 Å². The molecule has 1 amide bonds. The Morgan fingerprint density at radius 2 is 2.29 bits per heavy atom. The molecule has 0 spiro atoms. The van der Waals surface area contributed by atoms with Crippen LogP contribution in [0.2, 0.25) is 0 Å². The SMILES string of the molecule is CC1CN(C(=O)c2cc([N+](=O)[O-])cnc2N)C1. The van der Waals surface area contributed by atoms with E-state index in [-0.39, 0.29) is 23.0 Å². The number of nitrogen functional groups attached to an aromatic ring is 1. The van der Waals surface area contributed by atoms with Gasteiger partial charge in [-0.1, -0.05) is 6.92 Å². The minimum atomic E-state index is -0.595. The van der Waals surface area contributed by atoms with Gasteiger partial charge in [0.05, 0.1) is 10.5 Å². The van der Waals surface area contributed by atoms with Crippen molar-refractivity contribution in [3.63, 3.8) is 0 Å². The van der Waals surface area contributed by atoms with E-state index in [1.807, 2.05) is 6.92 Å². The quantitative estimate of drug-likeness (QED) is 0.600. The first-order chi connectivity index (χ1) is 7.99. The number of nitrogens with zero attached hydrogens (tertiary/aromatic N) is 3. The van der Waals surface area contributed by atoms with Crippen LogP contribution in [0.15, 0.2) is 12.3 Å². The lowest BCUT2D eigenvalue weighted by molar-refractivity contribution is -0.385. The highest BCUT2D eigenvalue weighted by molar-refractivity contribution is 5.99. The molecule has 1 aliphatic heterocycles. The third kappa shape index (κ3) is 2.03. The smallest absolute Gasteiger partial charge is 0.288 e. The zero-order valence-electron chi connectivity index (χ0n) is 9.29. The second kappa shape index (κ2) is 4.00. The highest BCUT2D eigenvalue weighted by Gasteiger charge is 2.30. The third-order valence-electron chi connectivity index (χ3n) is 2.70. The molecular formula is C10H12N4O3. The summed E-state index contributed by atoms with van der Waals surface area (Å²) in [7, 11) is 0. The molecule has 0 bridgehead atoms. The van der Waals surface area contributed by atoms with Crippen LogP contribution in [-0.2, 0) is 0 Å². The van der Waals surface area contributed by atoms with Gasteiger partial charge in [0.1, 0.15) is 12.0 Å². The number of hydrogen-bond donors (Lipinski definition) is 1. The van der Waals surface area contributed by atoms with Gasteiger partial charge in [-0.15, -0.1) is 0 Å². The minimum absolute atomic E-state index is 0.0279. The van der Waals surface area contributed by atoms with Crippen molar-refractivity contribution in [2.24, 2.45) is 5.92 Å². The van der Waals surface area contributed by atoms with Crippen molar-refractivity contribution in [1.82, 2.24) is 9.88 Å². The monoisotopic (exact) mass is 236 g/mol. The predicted octanol–water partition coefficient (Wildman–Crippen LogP) is 0.664. The lowest BCUT2D eigenvalue weighted by Gasteiger charge is -2.37. The van der Waals surface area contributed by atoms with Crippen LogP contribution in [0.25, 0.3) is 0 Å². The van der Waals surface area contributed by atoms with Crippen molar-refractivity contribution >= 4 is 17.4 Å². The molecule has 2 rings (SSSR count). The fraction of sp³-hybridized carbons (Fsp3) is 0.400. The van der Waals surface area contributed by atoms with E-state index in [2.05, 4.69) is 4.98 Å². The topological polar surface area (TPSA) is 102 Å². The second-order valence-corrected chi connectivity index (χ2v) is 4.20. The van der Waals surface area contributed by atoms with Gasteiger partial charge in [-0.2, -0.15) is 0 Å². The van der Waals surface area contributed by atoms with Gasteiger partial charge in [0.25, 0.3) is 11.6 Å². The number of likely N-dealkylation sites (tertiary alicyclic amines) is 1. The summed E-state index contributed by atoms with van der Waals surface area (Å²) in [6.07, 6.45) is 1.05.